The molecule has 7 heteroatoms. The fourth-order valence-corrected chi connectivity index (χ4v) is 1.23. The summed E-state index contributed by atoms with van der Waals surface area (Å²) >= 11 is 0. The van der Waals surface area contributed by atoms with Gasteiger partial charge in [0.1, 0.15) is 29.6 Å². The van der Waals surface area contributed by atoms with E-state index in [0.717, 1.165) is 17.1 Å². The normalized spacial score (nSPS) is 10.2. The zero-order valence-electron chi connectivity index (χ0n) is 7.94. The van der Waals surface area contributed by atoms with E-state index in [-0.39, 0.29) is 22.9 Å². The number of phenols is 2. The zero-order valence-corrected chi connectivity index (χ0v) is 7.94. The van der Waals surface area contributed by atoms with Crippen LogP contribution in [0, 0.1) is 10.1 Å². The molecule has 0 radical (unpaired) electrons. The number of aromatic nitrogens is 2. The largest absolute Gasteiger partial charge is 0.508 e. The Labute approximate surface area is 89.3 Å². The van der Waals surface area contributed by atoms with E-state index >= 15 is 0 Å². The molecule has 0 aliphatic rings. The highest BCUT2D eigenvalue weighted by atomic mass is 16.6. The lowest BCUT2D eigenvalue weighted by Gasteiger charge is -2.03. The second-order valence-corrected chi connectivity index (χ2v) is 3.07. The standard InChI is InChI=1S/C9H7N3O4/c13-7-1-2-9(14)8(3-7)11-5-6(4-10-11)12(15)16/h1-5,13-14H. The average molecular weight is 221 g/mol. The second-order valence-electron chi connectivity index (χ2n) is 3.07. The molecule has 1 heterocycles. The van der Waals surface area contributed by atoms with Crippen molar-refractivity contribution in [2.24, 2.45) is 0 Å². The van der Waals surface area contributed by atoms with Crippen LogP contribution < -0.4 is 0 Å². The maximum Gasteiger partial charge on any atom is 0.307 e. The van der Waals surface area contributed by atoms with Crippen LogP contribution in [0.2, 0.25) is 0 Å². The molecule has 0 aliphatic heterocycles. The Bertz CT molecular complexity index is 549. The number of hydrogen-bond acceptors (Lipinski definition) is 5. The zero-order chi connectivity index (χ0) is 11.7. The van der Waals surface area contributed by atoms with Crippen molar-refractivity contribution in [1.82, 2.24) is 9.78 Å². The minimum atomic E-state index is -0.594. The Hall–Kier alpha value is -2.57. The van der Waals surface area contributed by atoms with Gasteiger partial charge >= 0.3 is 5.69 Å². The van der Waals surface area contributed by atoms with Crippen molar-refractivity contribution < 1.29 is 15.1 Å². The maximum atomic E-state index is 10.4. The van der Waals surface area contributed by atoms with Crippen LogP contribution in [0.1, 0.15) is 0 Å². The first kappa shape index (κ1) is 9.97. The second kappa shape index (κ2) is 3.54. The highest BCUT2D eigenvalue weighted by Crippen LogP contribution is 2.26. The van der Waals surface area contributed by atoms with Crippen LogP contribution in [0.4, 0.5) is 5.69 Å². The number of aromatic hydroxyl groups is 2. The van der Waals surface area contributed by atoms with Crippen molar-refractivity contribution in [1.29, 1.82) is 0 Å². The molecule has 1 aromatic heterocycles. The molecular weight excluding hydrogens is 214 g/mol. The van der Waals surface area contributed by atoms with Crippen molar-refractivity contribution in [2.75, 3.05) is 0 Å². The SMILES string of the molecule is O=[N+]([O-])c1cnn(-c2cc(O)ccc2O)c1. The van der Waals surface area contributed by atoms with E-state index in [9.17, 15) is 20.3 Å². The molecule has 16 heavy (non-hydrogen) atoms. The number of benzene rings is 1. The number of hydrogen-bond donors (Lipinski definition) is 2. The first-order valence-electron chi connectivity index (χ1n) is 4.29. The van der Waals surface area contributed by atoms with Gasteiger partial charge in [0.2, 0.25) is 0 Å². The van der Waals surface area contributed by atoms with Crippen LogP contribution in [0.3, 0.4) is 0 Å². The summed E-state index contributed by atoms with van der Waals surface area (Å²) in [5, 5.41) is 32.9. The molecule has 0 saturated heterocycles. The third-order valence-electron chi connectivity index (χ3n) is 1.99. The molecule has 0 unspecified atom stereocenters. The Morgan fingerprint density at radius 3 is 2.75 bits per heavy atom. The summed E-state index contributed by atoms with van der Waals surface area (Å²) in [5.74, 6) is -0.193. The summed E-state index contributed by atoms with van der Waals surface area (Å²) in [7, 11) is 0. The van der Waals surface area contributed by atoms with Gasteiger partial charge < -0.3 is 10.2 Å². The summed E-state index contributed by atoms with van der Waals surface area (Å²) < 4.78 is 1.12. The highest BCUT2D eigenvalue weighted by molar-refractivity contribution is 5.50. The third-order valence-corrected chi connectivity index (χ3v) is 1.99. The molecule has 7 nitrogen and oxygen atoms in total. The van der Waals surface area contributed by atoms with Gasteiger partial charge in [-0.05, 0) is 12.1 Å². The summed E-state index contributed by atoms with van der Waals surface area (Å²) in [6.07, 6.45) is 2.21. The van der Waals surface area contributed by atoms with Crippen molar-refractivity contribution in [3.05, 3.63) is 40.7 Å². The monoisotopic (exact) mass is 221 g/mol. The lowest BCUT2D eigenvalue weighted by Crippen LogP contribution is -1.94. The summed E-state index contributed by atoms with van der Waals surface area (Å²) in [6, 6.07) is 3.83. The van der Waals surface area contributed by atoms with Gasteiger partial charge in [-0.2, -0.15) is 5.10 Å². The Morgan fingerprint density at radius 1 is 1.38 bits per heavy atom. The Kier molecular flexibility index (Phi) is 2.20. The first-order valence-corrected chi connectivity index (χ1v) is 4.29. The molecule has 82 valence electrons. The molecule has 0 fully saturated rings. The molecule has 2 N–H and O–H groups in total. The topological polar surface area (TPSA) is 101 Å². The Morgan fingerprint density at radius 2 is 2.12 bits per heavy atom. The summed E-state index contributed by atoms with van der Waals surface area (Å²) in [5.41, 5.74) is -0.0177. The molecule has 0 atom stereocenters. The van der Waals surface area contributed by atoms with Crippen LogP contribution in [0.5, 0.6) is 11.5 Å². The van der Waals surface area contributed by atoms with Gasteiger partial charge in [-0.15, -0.1) is 0 Å². The van der Waals surface area contributed by atoms with Gasteiger partial charge in [-0.1, -0.05) is 0 Å². The fourth-order valence-electron chi connectivity index (χ4n) is 1.23. The molecule has 2 aromatic rings. The highest BCUT2D eigenvalue weighted by Gasteiger charge is 2.12. The van der Waals surface area contributed by atoms with Crippen LogP contribution in [-0.2, 0) is 0 Å². The molecule has 0 saturated carbocycles. The van der Waals surface area contributed by atoms with Gasteiger partial charge in [0.05, 0.1) is 4.92 Å². The maximum absolute atomic E-state index is 10.4. The van der Waals surface area contributed by atoms with E-state index in [0.29, 0.717) is 0 Å². The molecule has 0 amide bonds. The number of nitrogens with zero attached hydrogens (tertiary/aromatic N) is 3. The van der Waals surface area contributed by atoms with Gasteiger partial charge in [0.25, 0.3) is 0 Å². The van der Waals surface area contributed by atoms with Crippen LogP contribution in [0.15, 0.2) is 30.6 Å². The van der Waals surface area contributed by atoms with Gasteiger partial charge in [0.15, 0.2) is 0 Å². The minimum Gasteiger partial charge on any atom is -0.508 e. The number of rotatable bonds is 2. The molecule has 2 rings (SSSR count). The summed E-state index contributed by atoms with van der Waals surface area (Å²) in [6.45, 7) is 0. The van der Waals surface area contributed by atoms with Crippen LogP contribution >= 0.6 is 0 Å². The smallest absolute Gasteiger partial charge is 0.307 e. The van der Waals surface area contributed by atoms with Crippen LogP contribution in [-0.4, -0.2) is 24.9 Å². The molecule has 0 aliphatic carbocycles. The summed E-state index contributed by atoms with van der Waals surface area (Å²) in [4.78, 5) is 9.84. The van der Waals surface area contributed by atoms with E-state index in [2.05, 4.69) is 5.10 Å². The third kappa shape index (κ3) is 1.65. The fraction of sp³-hybridized carbons (Fsp3) is 0. The van der Waals surface area contributed by atoms with E-state index in [1.54, 1.807) is 0 Å². The quantitative estimate of drug-likeness (QED) is 0.450. The van der Waals surface area contributed by atoms with E-state index in [1.807, 2.05) is 0 Å². The van der Waals surface area contributed by atoms with Crippen molar-refractivity contribution in [2.45, 2.75) is 0 Å². The lowest BCUT2D eigenvalue weighted by atomic mass is 10.3. The average Bonchev–Trinajstić information content (AvgIpc) is 2.70. The van der Waals surface area contributed by atoms with Crippen molar-refractivity contribution >= 4 is 5.69 Å². The first-order chi connectivity index (χ1) is 7.58. The predicted octanol–water partition coefficient (Wildman–Crippen LogP) is 1.19. The van der Waals surface area contributed by atoms with E-state index in [4.69, 9.17) is 0 Å². The number of phenolic OH excluding ortho intramolecular Hbond substituents is 2. The predicted molar refractivity (Wildman–Crippen MR) is 53.5 cm³/mol. The van der Waals surface area contributed by atoms with Crippen molar-refractivity contribution in [3.8, 4) is 17.2 Å². The molecule has 0 spiro atoms. The molecule has 1 aromatic carbocycles. The molecule has 0 bridgehead atoms. The van der Waals surface area contributed by atoms with E-state index in [1.165, 1.54) is 18.2 Å². The number of nitro groups is 1. The molecular formula is C9H7N3O4. The van der Waals surface area contributed by atoms with Crippen molar-refractivity contribution in [3.63, 3.8) is 0 Å². The van der Waals surface area contributed by atoms with Gasteiger partial charge in [0, 0.05) is 6.07 Å². The Balaban J connectivity index is 2.50. The van der Waals surface area contributed by atoms with E-state index < -0.39 is 4.92 Å². The van der Waals surface area contributed by atoms with Crippen LogP contribution in [0.25, 0.3) is 5.69 Å². The lowest BCUT2D eigenvalue weighted by molar-refractivity contribution is -0.384. The minimum absolute atomic E-state index is 0.0639. The van der Waals surface area contributed by atoms with Gasteiger partial charge in [-0.25, -0.2) is 4.68 Å². The van der Waals surface area contributed by atoms with Gasteiger partial charge in [-0.3, -0.25) is 10.1 Å².